The number of halogens is 1. The normalized spacial score (nSPS) is 22.2. The molecule has 1 heterocycles. The molecule has 0 fully saturated rings. The van der Waals surface area contributed by atoms with E-state index in [2.05, 4.69) is 4.99 Å². The van der Waals surface area contributed by atoms with Gasteiger partial charge in [0.2, 0.25) is 0 Å². The van der Waals surface area contributed by atoms with Gasteiger partial charge in [-0.05, 0) is 11.6 Å². The molecule has 3 rings (SSSR count). The standard InChI is InChI=1S/C12H10FNO/c13-8-4-7-5-10-9(2-1-3-14-10)12(7)11(15)6-8/h1-2,4,6,9,15H,3,5H2. The monoisotopic (exact) mass is 203 g/mol. The van der Waals surface area contributed by atoms with Gasteiger partial charge in [-0.15, -0.1) is 0 Å². The minimum atomic E-state index is -0.380. The molecule has 0 saturated heterocycles. The van der Waals surface area contributed by atoms with Gasteiger partial charge in [-0.25, -0.2) is 4.39 Å². The number of allylic oxidation sites excluding steroid dienone is 1. The summed E-state index contributed by atoms with van der Waals surface area (Å²) in [4.78, 5) is 4.37. The molecule has 0 amide bonds. The molecule has 3 heteroatoms. The molecule has 1 aromatic carbocycles. The Bertz CT molecular complexity index is 491. The smallest absolute Gasteiger partial charge is 0.127 e. The fourth-order valence-electron chi connectivity index (χ4n) is 2.36. The molecule has 0 spiro atoms. The third-order valence-corrected chi connectivity index (χ3v) is 2.98. The number of fused-ring (bicyclic) bond motifs is 3. The lowest BCUT2D eigenvalue weighted by Crippen LogP contribution is -2.08. The maximum Gasteiger partial charge on any atom is 0.127 e. The number of dihydropyridines is 1. The fourth-order valence-corrected chi connectivity index (χ4v) is 2.36. The highest BCUT2D eigenvalue weighted by Gasteiger charge is 2.30. The highest BCUT2D eigenvalue weighted by molar-refractivity contribution is 6.00. The van der Waals surface area contributed by atoms with Crippen LogP contribution in [0.25, 0.3) is 0 Å². The van der Waals surface area contributed by atoms with Crippen molar-refractivity contribution in [1.82, 2.24) is 0 Å². The van der Waals surface area contributed by atoms with E-state index in [1.807, 2.05) is 12.2 Å². The lowest BCUT2D eigenvalue weighted by atomic mass is 9.97. The van der Waals surface area contributed by atoms with Crippen LogP contribution in [0, 0.1) is 5.82 Å². The quantitative estimate of drug-likeness (QED) is 0.644. The Balaban J connectivity index is 2.21. The molecule has 0 saturated carbocycles. The lowest BCUT2D eigenvalue weighted by molar-refractivity contribution is 0.462. The first kappa shape index (κ1) is 8.65. The van der Waals surface area contributed by atoms with E-state index in [0.29, 0.717) is 13.0 Å². The number of nitrogens with zero attached hydrogens (tertiary/aromatic N) is 1. The number of hydrogen-bond acceptors (Lipinski definition) is 2. The highest BCUT2D eigenvalue weighted by atomic mass is 19.1. The van der Waals surface area contributed by atoms with E-state index in [4.69, 9.17) is 0 Å². The summed E-state index contributed by atoms with van der Waals surface area (Å²) in [5.74, 6) is -0.268. The molecule has 0 radical (unpaired) electrons. The largest absolute Gasteiger partial charge is 0.508 e. The van der Waals surface area contributed by atoms with Gasteiger partial charge in [0, 0.05) is 29.7 Å². The zero-order chi connectivity index (χ0) is 10.4. The molecule has 0 aromatic heterocycles. The average Bonchev–Trinajstić information content (AvgIpc) is 2.54. The van der Waals surface area contributed by atoms with E-state index >= 15 is 0 Å². The third-order valence-electron chi connectivity index (χ3n) is 2.98. The van der Waals surface area contributed by atoms with Crippen molar-refractivity contribution in [2.75, 3.05) is 6.54 Å². The van der Waals surface area contributed by atoms with Crippen molar-refractivity contribution < 1.29 is 9.50 Å². The zero-order valence-electron chi connectivity index (χ0n) is 8.07. The molecule has 1 aliphatic carbocycles. The van der Waals surface area contributed by atoms with Crippen LogP contribution in [0.4, 0.5) is 4.39 Å². The van der Waals surface area contributed by atoms with E-state index in [1.165, 1.54) is 12.1 Å². The molecule has 1 unspecified atom stereocenters. The van der Waals surface area contributed by atoms with Gasteiger partial charge in [-0.1, -0.05) is 12.2 Å². The minimum Gasteiger partial charge on any atom is -0.508 e. The summed E-state index contributed by atoms with van der Waals surface area (Å²) in [5.41, 5.74) is 2.72. The summed E-state index contributed by atoms with van der Waals surface area (Å²) < 4.78 is 13.1. The predicted molar refractivity (Wildman–Crippen MR) is 56.0 cm³/mol. The molecular weight excluding hydrogens is 193 g/mol. The van der Waals surface area contributed by atoms with Gasteiger partial charge in [-0.3, -0.25) is 4.99 Å². The molecule has 2 aliphatic rings. The fraction of sp³-hybridized carbons (Fsp3) is 0.250. The van der Waals surface area contributed by atoms with Crippen LogP contribution >= 0.6 is 0 Å². The second kappa shape index (κ2) is 2.92. The van der Waals surface area contributed by atoms with Crippen molar-refractivity contribution in [3.63, 3.8) is 0 Å². The minimum absolute atomic E-state index is 0.0479. The van der Waals surface area contributed by atoms with Crippen LogP contribution in [-0.4, -0.2) is 17.4 Å². The predicted octanol–water partition coefficient (Wildman–Crippen LogP) is 2.18. The van der Waals surface area contributed by atoms with E-state index in [9.17, 15) is 9.50 Å². The van der Waals surface area contributed by atoms with Crippen molar-refractivity contribution in [2.45, 2.75) is 12.3 Å². The average molecular weight is 203 g/mol. The molecular formula is C12H10FNO. The second-order valence-corrected chi connectivity index (χ2v) is 3.91. The molecule has 1 aliphatic heterocycles. The van der Waals surface area contributed by atoms with Gasteiger partial charge in [-0.2, -0.15) is 0 Å². The van der Waals surface area contributed by atoms with Crippen LogP contribution in [0.3, 0.4) is 0 Å². The van der Waals surface area contributed by atoms with E-state index in [0.717, 1.165) is 16.8 Å². The van der Waals surface area contributed by atoms with Crippen molar-refractivity contribution in [3.8, 4) is 5.75 Å². The first-order valence-corrected chi connectivity index (χ1v) is 4.97. The summed E-state index contributed by atoms with van der Waals surface area (Å²) >= 11 is 0. The van der Waals surface area contributed by atoms with Gasteiger partial charge >= 0.3 is 0 Å². The van der Waals surface area contributed by atoms with Crippen molar-refractivity contribution in [3.05, 3.63) is 41.2 Å². The summed E-state index contributed by atoms with van der Waals surface area (Å²) in [6.07, 6.45) is 4.67. The highest BCUT2D eigenvalue weighted by Crippen LogP contribution is 2.39. The van der Waals surface area contributed by atoms with Crippen LogP contribution in [0.5, 0.6) is 5.75 Å². The van der Waals surface area contributed by atoms with Crippen molar-refractivity contribution >= 4 is 5.71 Å². The second-order valence-electron chi connectivity index (χ2n) is 3.91. The molecule has 2 nitrogen and oxygen atoms in total. The van der Waals surface area contributed by atoms with E-state index < -0.39 is 0 Å². The number of phenolic OH excluding ortho intramolecular Hbond substituents is 1. The van der Waals surface area contributed by atoms with Gasteiger partial charge < -0.3 is 5.11 Å². The maximum atomic E-state index is 13.1. The number of phenols is 1. The molecule has 1 N–H and O–H groups in total. The Morgan fingerprint density at radius 1 is 1.40 bits per heavy atom. The molecule has 15 heavy (non-hydrogen) atoms. The van der Waals surface area contributed by atoms with Gasteiger partial charge in [0.05, 0.1) is 6.54 Å². The third kappa shape index (κ3) is 1.19. The maximum absolute atomic E-state index is 13.1. The molecule has 76 valence electrons. The SMILES string of the molecule is Oc1cc(F)cc2c1C1C=CCN=C1C2. The lowest BCUT2D eigenvalue weighted by Gasteiger charge is -2.12. The molecule has 1 atom stereocenters. The summed E-state index contributed by atoms with van der Waals surface area (Å²) in [7, 11) is 0. The number of aliphatic imine (C=N–C) groups is 1. The zero-order valence-corrected chi connectivity index (χ0v) is 8.07. The van der Waals surface area contributed by atoms with Crippen molar-refractivity contribution in [2.24, 2.45) is 4.99 Å². The Hall–Kier alpha value is -1.64. The van der Waals surface area contributed by atoms with Crippen LogP contribution in [-0.2, 0) is 6.42 Å². The Kier molecular flexibility index (Phi) is 1.69. The molecule has 0 bridgehead atoms. The number of hydrogen-bond donors (Lipinski definition) is 1. The van der Waals surface area contributed by atoms with Crippen LogP contribution < -0.4 is 0 Å². The van der Waals surface area contributed by atoms with Crippen molar-refractivity contribution in [1.29, 1.82) is 0 Å². The summed E-state index contributed by atoms with van der Waals surface area (Å²) in [5, 5.41) is 9.72. The number of benzene rings is 1. The van der Waals surface area contributed by atoms with Gasteiger partial charge in [0.15, 0.2) is 0 Å². The summed E-state index contributed by atoms with van der Waals surface area (Å²) in [6, 6.07) is 2.66. The number of aromatic hydroxyl groups is 1. The Labute approximate surface area is 86.8 Å². The number of rotatable bonds is 0. The van der Waals surface area contributed by atoms with Gasteiger partial charge in [0.25, 0.3) is 0 Å². The molecule has 1 aromatic rings. The Morgan fingerprint density at radius 2 is 2.27 bits per heavy atom. The van der Waals surface area contributed by atoms with E-state index in [-0.39, 0.29) is 17.5 Å². The first-order valence-electron chi connectivity index (χ1n) is 4.97. The Morgan fingerprint density at radius 3 is 3.13 bits per heavy atom. The van der Waals surface area contributed by atoms with Crippen LogP contribution in [0.2, 0.25) is 0 Å². The van der Waals surface area contributed by atoms with Crippen LogP contribution in [0.1, 0.15) is 17.0 Å². The van der Waals surface area contributed by atoms with Crippen LogP contribution in [0.15, 0.2) is 29.3 Å². The van der Waals surface area contributed by atoms with E-state index in [1.54, 1.807) is 0 Å². The first-order chi connectivity index (χ1) is 7.25. The summed E-state index contributed by atoms with van der Waals surface area (Å²) in [6.45, 7) is 0.697. The topological polar surface area (TPSA) is 32.6 Å². The van der Waals surface area contributed by atoms with Gasteiger partial charge in [0.1, 0.15) is 11.6 Å².